The van der Waals surface area contributed by atoms with Gasteiger partial charge in [-0.05, 0) is 31.6 Å². The predicted molar refractivity (Wildman–Crippen MR) is 90.0 cm³/mol. The molecule has 0 radical (unpaired) electrons. The molecule has 21 heavy (non-hydrogen) atoms. The maximum Gasteiger partial charge on any atom is 0.137 e. The van der Waals surface area contributed by atoms with Crippen LogP contribution in [0.5, 0.6) is 0 Å². The topological polar surface area (TPSA) is 41.1 Å². The average Bonchev–Trinajstić information content (AvgIpc) is 3.00. The molecule has 0 amide bonds. The Labute approximate surface area is 129 Å². The van der Waals surface area contributed by atoms with Crippen LogP contribution in [-0.2, 0) is 6.42 Å². The molecule has 0 spiro atoms. The second-order valence-corrected chi connectivity index (χ2v) is 6.44. The molecule has 1 aromatic rings. The van der Waals surface area contributed by atoms with Gasteiger partial charge in [0, 0.05) is 25.2 Å². The summed E-state index contributed by atoms with van der Waals surface area (Å²) >= 11 is 0. The molecule has 0 aromatic carbocycles. The summed E-state index contributed by atoms with van der Waals surface area (Å²) in [6.07, 6.45) is 9.22. The van der Waals surface area contributed by atoms with Crippen LogP contribution < -0.4 is 10.2 Å². The van der Waals surface area contributed by atoms with Crippen LogP contribution in [0.15, 0.2) is 6.33 Å². The van der Waals surface area contributed by atoms with E-state index in [2.05, 4.69) is 41.0 Å². The van der Waals surface area contributed by atoms with Crippen molar-refractivity contribution in [3.63, 3.8) is 0 Å². The van der Waals surface area contributed by atoms with E-state index in [4.69, 9.17) is 0 Å². The van der Waals surface area contributed by atoms with Crippen LogP contribution in [0.1, 0.15) is 58.4 Å². The zero-order chi connectivity index (χ0) is 15.2. The third-order valence-electron chi connectivity index (χ3n) is 4.50. The molecule has 2 rings (SSSR count). The molecule has 1 aromatic heterocycles. The first-order chi connectivity index (χ1) is 10.2. The number of rotatable bonds is 7. The second kappa shape index (κ2) is 7.62. The fourth-order valence-electron chi connectivity index (χ4n) is 3.27. The van der Waals surface area contributed by atoms with Gasteiger partial charge in [-0.15, -0.1) is 0 Å². The van der Waals surface area contributed by atoms with Crippen molar-refractivity contribution in [1.29, 1.82) is 0 Å². The van der Waals surface area contributed by atoms with Crippen LogP contribution in [0.25, 0.3) is 0 Å². The quantitative estimate of drug-likeness (QED) is 0.827. The SMILES string of the molecule is CCc1c(NC)ncnc1N(CCC(C)C)C1CCCC1. The third-order valence-corrected chi connectivity index (χ3v) is 4.50. The zero-order valence-electron chi connectivity index (χ0n) is 14.0. The molecule has 1 aliphatic rings. The zero-order valence-corrected chi connectivity index (χ0v) is 14.0. The van der Waals surface area contributed by atoms with E-state index in [9.17, 15) is 0 Å². The summed E-state index contributed by atoms with van der Waals surface area (Å²) in [5.41, 5.74) is 1.26. The molecule has 1 aliphatic carbocycles. The molecule has 1 saturated carbocycles. The van der Waals surface area contributed by atoms with E-state index in [1.54, 1.807) is 6.33 Å². The van der Waals surface area contributed by atoms with Crippen molar-refractivity contribution in [2.75, 3.05) is 23.8 Å². The smallest absolute Gasteiger partial charge is 0.137 e. The van der Waals surface area contributed by atoms with Gasteiger partial charge in [0.2, 0.25) is 0 Å². The van der Waals surface area contributed by atoms with Gasteiger partial charge in [-0.1, -0.05) is 33.6 Å². The van der Waals surface area contributed by atoms with Crippen molar-refractivity contribution in [3.05, 3.63) is 11.9 Å². The van der Waals surface area contributed by atoms with Crippen molar-refractivity contribution >= 4 is 11.6 Å². The van der Waals surface area contributed by atoms with Crippen molar-refractivity contribution in [1.82, 2.24) is 9.97 Å². The molecule has 1 N–H and O–H groups in total. The van der Waals surface area contributed by atoms with Crippen molar-refractivity contribution < 1.29 is 0 Å². The van der Waals surface area contributed by atoms with Gasteiger partial charge >= 0.3 is 0 Å². The summed E-state index contributed by atoms with van der Waals surface area (Å²) in [5, 5.41) is 3.22. The van der Waals surface area contributed by atoms with Crippen LogP contribution in [0.3, 0.4) is 0 Å². The summed E-state index contributed by atoms with van der Waals surface area (Å²) in [7, 11) is 1.94. The normalized spacial score (nSPS) is 15.7. The van der Waals surface area contributed by atoms with Gasteiger partial charge in [0.1, 0.15) is 18.0 Å². The van der Waals surface area contributed by atoms with Crippen molar-refractivity contribution in [2.45, 2.75) is 65.3 Å². The largest absolute Gasteiger partial charge is 0.373 e. The number of nitrogens with one attached hydrogen (secondary N) is 1. The molecule has 0 atom stereocenters. The molecule has 4 nitrogen and oxygen atoms in total. The minimum Gasteiger partial charge on any atom is -0.373 e. The van der Waals surface area contributed by atoms with E-state index < -0.39 is 0 Å². The lowest BCUT2D eigenvalue weighted by atomic mass is 10.1. The molecular formula is C17H30N4. The highest BCUT2D eigenvalue weighted by molar-refractivity contribution is 5.59. The van der Waals surface area contributed by atoms with Gasteiger partial charge in [-0.2, -0.15) is 0 Å². The van der Waals surface area contributed by atoms with Crippen LogP contribution >= 0.6 is 0 Å². The van der Waals surface area contributed by atoms with E-state index in [1.165, 1.54) is 37.7 Å². The number of nitrogens with zero attached hydrogens (tertiary/aromatic N) is 3. The highest BCUT2D eigenvalue weighted by Crippen LogP contribution is 2.31. The summed E-state index contributed by atoms with van der Waals surface area (Å²) in [5.74, 6) is 2.86. The first kappa shape index (κ1) is 16.1. The number of hydrogen-bond donors (Lipinski definition) is 1. The van der Waals surface area contributed by atoms with E-state index in [-0.39, 0.29) is 0 Å². The second-order valence-electron chi connectivity index (χ2n) is 6.44. The van der Waals surface area contributed by atoms with Gasteiger partial charge in [0.15, 0.2) is 0 Å². The average molecular weight is 290 g/mol. The summed E-state index contributed by atoms with van der Waals surface area (Å²) in [6, 6.07) is 0.661. The van der Waals surface area contributed by atoms with Gasteiger partial charge in [0.05, 0.1) is 0 Å². The lowest BCUT2D eigenvalue weighted by Gasteiger charge is -2.32. The van der Waals surface area contributed by atoms with Crippen molar-refractivity contribution in [3.8, 4) is 0 Å². The monoisotopic (exact) mass is 290 g/mol. The third kappa shape index (κ3) is 3.86. The molecule has 4 heteroatoms. The lowest BCUT2D eigenvalue weighted by Crippen LogP contribution is -2.36. The minimum absolute atomic E-state index is 0.661. The Kier molecular flexibility index (Phi) is 5.83. The van der Waals surface area contributed by atoms with Crippen LogP contribution in [0.2, 0.25) is 0 Å². The molecule has 0 saturated heterocycles. The number of hydrogen-bond acceptors (Lipinski definition) is 4. The molecule has 0 aliphatic heterocycles. The van der Waals surface area contributed by atoms with Gasteiger partial charge < -0.3 is 10.2 Å². The first-order valence-corrected chi connectivity index (χ1v) is 8.45. The van der Waals surface area contributed by atoms with E-state index in [1.807, 2.05) is 7.05 Å². The number of aromatic nitrogens is 2. The maximum atomic E-state index is 4.66. The Hall–Kier alpha value is -1.32. The number of anilines is 2. The molecule has 1 heterocycles. The summed E-state index contributed by atoms with van der Waals surface area (Å²) in [6.45, 7) is 7.90. The van der Waals surface area contributed by atoms with Crippen molar-refractivity contribution in [2.24, 2.45) is 5.92 Å². The standard InChI is InChI=1S/C17H30N4/c1-5-15-16(18-4)19-12-20-17(15)21(11-10-13(2)3)14-8-6-7-9-14/h12-14H,5-11H2,1-4H3,(H,18,19,20). The Morgan fingerprint density at radius 1 is 1.29 bits per heavy atom. The Morgan fingerprint density at radius 3 is 2.57 bits per heavy atom. The molecular weight excluding hydrogens is 260 g/mol. The van der Waals surface area contributed by atoms with Crippen LogP contribution in [0, 0.1) is 5.92 Å². The lowest BCUT2D eigenvalue weighted by molar-refractivity contribution is 0.523. The van der Waals surface area contributed by atoms with Gasteiger partial charge in [-0.3, -0.25) is 0 Å². The molecule has 118 valence electrons. The summed E-state index contributed by atoms with van der Waals surface area (Å²) in [4.78, 5) is 11.6. The van der Waals surface area contributed by atoms with E-state index >= 15 is 0 Å². The molecule has 0 bridgehead atoms. The predicted octanol–water partition coefficient (Wildman–Crippen LogP) is 3.88. The minimum atomic E-state index is 0.661. The highest BCUT2D eigenvalue weighted by Gasteiger charge is 2.26. The van der Waals surface area contributed by atoms with Gasteiger partial charge in [-0.25, -0.2) is 9.97 Å². The van der Waals surface area contributed by atoms with Crippen LogP contribution in [-0.4, -0.2) is 29.6 Å². The van der Waals surface area contributed by atoms with Gasteiger partial charge in [0.25, 0.3) is 0 Å². The summed E-state index contributed by atoms with van der Waals surface area (Å²) < 4.78 is 0. The fraction of sp³-hybridized carbons (Fsp3) is 0.765. The van der Waals surface area contributed by atoms with Crippen LogP contribution in [0.4, 0.5) is 11.6 Å². The fourth-order valence-corrected chi connectivity index (χ4v) is 3.27. The van der Waals surface area contributed by atoms with E-state index in [0.29, 0.717) is 6.04 Å². The first-order valence-electron chi connectivity index (χ1n) is 8.45. The Morgan fingerprint density at radius 2 is 2.00 bits per heavy atom. The Balaban J connectivity index is 2.30. The molecule has 1 fully saturated rings. The highest BCUT2D eigenvalue weighted by atomic mass is 15.2. The molecule has 0 unspecified atom stereocenters. The Bertz CT molecular complexity index is 438. The van der Waals surface area contributed by atoms with E-state index in [0.717, 1.165) is 30.5 Å². The maximum absolute atomic E-state index is 4.66.